The van der Waals surface area contributed by atoms with Gasteiger partial charge in [0.25, 0.3) is 0 Å². The molecule has 0 fully saturated rings. The van der Waals surface area contributed by atoms with Gasteiger partial charge >= 0.3 is 0 Å². The zero-order chi connectivity index (χ0) is 37.9. The van der Waals surface area contributed by atoms with Gasteiger partial charge < -0.3 is 32.5 Å². The van der Waals surface area contributed by atoms with Gasteiger partial charge in [0.05, 0.1) is 12.1 Å². The van der Waals surface area contributed by atoms with E-state index in [2.05, 4.69) is 27.9 Å². The number of hydrogen-bond acceptors (Lipinski definition) is 7. The molecule has 8 N–H and O–H groups in total. The summed E-state index contributed by atoms with van der Waals surface area (Å²) in [6, 6.07) is -2.04. The highest BCUT2D eigenvalue weighted by atomic mass is 16.3. The summed E-state index contributed by atoms with van der Waals surface area (Å²) in [6.07, 6.45) is 15.6. The van der Waals surface area contributed by atoms with Crippen molar-refractivity contribution in [3.63, 3.8) is 0 Å². The van der Waals surface area contributed by atoms with Crippen molar-refractivity contribution in [2.24, 2.45) is 34.2 Å². The molecule has 0 rings (SSSR count). The topological polar surface area (TPSA) is 206 Å². The first-order valence-corrected chi connectivity index (χ1v) is 19.3. The molecule has 0 aliphatic heterocycles. The maximum absolute atomic E-state index is 13.4. The Labute approximate surface area is 302 Å². The predicted octanol–water partition coefficient (Wildman–Crippen LogP) is 4.83. The summed E-state index contributed by atoms with van der Waals surface area (Å²) in [5.41, 5.74) is 10.8. The maximum Gasteiger partial charge on any atom is 0.223 e. The van der Waals surface area contributed by atoms with Crippen molar-refractivity contribution in [1.29, 1.82) is 0 Å². The fourth-order valence-electron chi connectivity index (χ4n) is 6.11. The van der Waals surface area contributed by atoms with Gasteiger partial charge in [-0.15, -0.1) is 0 Å². The molecule has 0 aromatic rings. The summed E-state index contributed by atoms with van der Waals surface area (Å²) in [5.74, 6) is -3.08. The fraction of sp³-hybridized carbons (Fsp3) is 0.842. The Bertz CT molecular complexity index is 1010. The van der Waals surface area contributed by atoms with Crippen molar-refractivity contribution in [3.8, 4) is 0 Å². The molecule has 0 aliphatic carbocycles. The molecule has 290 valence electrons. The number of nitrogens with zero attached hydrogens (tertiary/aromatic N) is 1. The molecule has 0 bridgehead atoms. The lowest BCUT2D eigenvalue weighted by molar-refractivity contribution is -0.135. The first-order chi connectivity index (χ1) is 23.7. The minimum absolute atomic E-state index is 0.0478. The third-order valence-electron chi connectivity index (χ3n) is 9.08. The lowest BCUT2D eigenvalue weighted by atomic mass is 9.88. The van der Waals surface area contributed by atoms with Crippen LogP contribution in [0.15, 0.2) is 4.99 Å². The molecule has 0 unspecified atom stereocenters. The maximum atomic E-state index is 13.4. The van der Waals surface area contributed by atoms with Crippen LogP contribution >= 0.6 is 0 Å². The minimum Gasteiger partial charge on any atom is -0.391 e. The Kier molecular flexibility index (Phi) is 26.9. The molecule has 0 heterocycles. The van der Waals surface area contributed by atoms with Crippen molar-refractivity contribution < 1.29 is 29.1 Å². The largest absolute Gasteiger partial charge is 0.391 e. The number of rotatable bonds is 31. The van der Waals surface area contributed by atoms with Crippen LogP contribution in [0.4, 0.5) is 0 Å². The van der Waals surface area contributed by atoms with E-state index in [1.807, 2.05) is 13.8 Å². The van der Waals surface area contributed by atoms with Crippen LogP contribution in [-0.4, -0.2) is 72.1 Å². The number of nitrogens with two attached hydrogens (primary N) is 2. The average Bonchev–Trinajstić information content (AvgIpc) is 3.05. The lowest BCUT2D eigenvalue weighted by Gasteiger charge is -2.24. The molecule has 0 saturated carbocycles. The smallest absolute Gasteiger partial charge is 0.223 e. The Morgan fingerprint density at radius 3 is 1.72 bits per heavy atom. The van der Waals surface area contributed by atoms with Gasteiger partial charge in [-0.1, -0.05) is 105 Å². The number of nitrogens with one attached hydrogen (secondary N) is 3. The number of aliphatic imine (C=N–C) groups is 1. The van der Waals surface area contributed by atoms with Crippen LogP contribution in [0.2, 0.25) is 0 Å². The number of aliphatic hydroxyl groups is 1. The van der Waals surface area contributed by atoms with Gasteiger partial charge in [-0.2, -0.15) is 0 Å². The highest BCUT2D eigenvalue weighted by Gasteiger charge is 2.31. The number of amides is 3. The van der Waals surface area contributed by atoms with E-state index in [1.54, 1.807) is 6.92 Å². The third kappa shape index (κ3) is 23.4. The van der Waals surface area contributed by atoms with Crippen LogP contribution in [-0.2, 0) is 24.0 Å². The molecular weight excluding hydrogens is 636 g/mol. The number of Topliss-reactive ketones (excluding diaryl/α,β-unsaturated/α-hetero) is 2. The van der Waals surface area contributed by atoms with E-state index in [0.29, 0.717) is 19.3 Å². The summed E-state index contributed by atoms with van der Waals surface area (Å²) >= 11 is 0. The summed E-state index contributed by atoms with van der Waals surface area (Å²) < 4.78 is 0. The Balaban J connectivity index is 4.95. The predicted molar refractivity (Wildman–Crippen MR) is 201 cm³/mol. The SMILES string of the molecule is CCCCCCCCCCCCCCCC(=O)N[C@H](C(=O)C[C@@H](C)C(=O)N[C@@H](CCCN=C(N)N)C(=O)C[C@@H](CC(C)C)C(=O)NC)[C@@H](C)O. The van der Waals surface area contributed by atoms with Gasteiger partial charge in [0, 0.05) is 44.7 Å². The van der Waals surface area contributed by atoms with Crippen molar-refractivity contribution >= 4 is 35.2 Å². The molecule has 5 atom stereocenters. The van der Waals surface area contributed by atoms with Crippen molar-refractivity contribution in [2.45, 2.75) is 175 Å². The molecule has 12 nitrogen and oxygen atoms in total. The van der Waals surface area contributed by atoms with E-state index in [1.165, 1.54) is 71.8 Å². The van der Waals surface area contributed by atoms with Crippen LogP contribution in [0.1, 0.15) is 157 Å². The second kappa shape index (κ2) is 28.7. The number of aliphatic hydroxyl groups excluding tert-OH is 1. The molecule has 3 amide bonds. The van der Waals surface area contributed by atoms with Gasteiger partial charge in [0.2, 0.25) is 17.7 Å². The van der Waals surface area contributed by atoms with Gasteiger partial charge in [0.15, 0.2) is 17.5 Å². The van der Waals surface area contributed by atoms with Gasteiger partial charge in [-0.3, -0.25) is 29.0 Å². The van der Waals surface area contributed by atoms with Crippen LogP contribution in [0, 0.1) is 17.8 Å². The van der Waals surface area contributed by atoms with Crippen LogP contribution in [0.25, 0.3) is 0 Å². The number of carbonyl (C=O) groups excluding carboxylic acids is 5. The Hall–Kier alpha value is -3.02. The third-order valence-corrected chi connectivity index (χ3v) is 9.08. The number of ketones is 2. The molecule has 0 radical (unpaired) electrons. The normalized spacial score (nSPS) is 14.2. The standard InChI is InChI=1S/C38H72N6O6/c1-7-8-9-10-11-12-13-14-15-16-17-18-19-22-34(48)44-35(29(5)45)33(47)25-28(4)36(49)43-31(21-20-23-42-38(39)40)32(46)26-30(24-27(2)3)37(50)41-6/h27-31,35,45H,7-26H2,1-6H3,(H,41,50)(H,43,49)(H,44,48)(H4,39,40,42)/t28-,29-,30-,31+,35+/m1/s1. The highest BCUT2D eigenvalue weighted by molar-refractivity contribution is 5.95. The molecule has 0 aromatic carbocycles. The summed E-state index contributed by atoms with van der Waals surface area (Å²) in [4.78, 5) is 68.9. The Morgan fingerprint density at radius 1 is 0.700 bits per heavy atom. The van der Waals surface area contributed by atoms with Crippen LogP contribution in [0.5, 0.6) is 0 Å². The van der Waals surface area contributed by atoms with Crippen LogP contribution < -0.4 is 27.4 Å². The first kappa shape index (κ1) is 47.0. The molecule has 0 aliphatic rings. The number of carbonyl (C=O) groups is 5. The van der Waals surface area contributed by atoms with E-state index in [4.69, 9.17) is 11.5 Å². The van der Waals surface area contributed by atoms with Crippen LogP contribution in [0.3, 0.4) is 0 Å². The van der Waals surface area contributed by atoms with E-state index in [9.17, 15) is 29.1 Å². The van der Waals surface area contributed by atoms with Gasteiger partial charge in [-0.05, 0) is 38.5 Å². The molecule has 0 spiro atoms. The molecule has 0 aromatic heterocycles. The molecule has 50 heavy (non-hydrogen) atoms. The van der Waals surface area contributed by atoms with E-state index in [0.717, 1.165) is 19.3 Å². The minimum atomic E-state index is -1.14. The van der Waals surface area contributed by atoms with E-state index < -0.39 is 41.7 Å². The zero-order valence-corrected chi connectivity index (χ0v) is 32.2. The zero-order valence-electron chi connectivity index (χ0n) is 32.2. The second-order valence-corrected chi connectivity index (χ2v) is 14.5. The summed E-state index contributed by atoms with van der Waals surface area (Å²) in [6.45, 7) is 9.43. The second-order valence-electron chi connectivity index (χ2n) is 14.5. The lowest BCUT2D eigenvalue weighted by Crippen LogP contribution is -2.49. The molecular formula is C38H72N6O6. The number of guanidine groups is 1. The monoisotopic (exact) mass is 709 g/mol. The average molecular weight is 709 g/mol. The van der Waals surface area contributed by atoms with Gasteiger partial charge in [-0.25, -0.2) is 0 Å². The quantitative estimate of drug-likeness (QED) is 0.0333. The summed E-state index contributed by atoms with van der Waals surface area (Å²) in [5, 5.41) is 18.4. The van der Waals surface area contributed by atoms with Crippen molar-refractivity contribution in [1.82, 2.24) is 16.0 Å². The van der Waals surface area contributed by atoms with Gasteiger partial charge in [0.1, 0.15) is 6.04 Å². The Morgan fingerprint density at radius 2 is 1.24 bits per heavy atom. The highest BCUT2D eigenvalue weighted by Crippen LogP contribution is 2.19. The van der Waals surface area contributed by atoms with Crippen molar-refractivity contribution in [2.75, 3.05) is 13.6 Å². The fourth-order valence-corrected chi connectivity index (χ4v) is 6.11. The number of unbranched alkanes of at least 4 members (excludes halogenated alkanes) is 12. The number of hydrogen-bond donors (Lipinski definition) is 6. The van der Waals surface area contributed by atoms with Crippen molar-refractivity contribution in [3.05, 3.63) is 0 Å². The molecule has 0 saturated heterocycles. The van der Waals surface area contributed by atoms with E-state index >= 15 is 0 Å². The summed E-state index contributed by atoms with van der Waals surface area (Å²) in [7, 11) is 1.52. The molecule has 12 heteroatoms. The van der Waals surface area contributed by atoms with E-state index in [-0.39, 0.29) is 61.7 Å². The first-order valence-electron chi connectivity index (χ1n) is 19.3.